The maximum Gasteiger partial charge on any atom is 0.337 e. The Morgan fingerprint density at radius 2 is 1.85 bits per heavy atom. The van der Waals surface area contributed by atoms with Gasteiger partial charge < -0.3 is 9.30 Å². The molecule has 0 spiro atoms. The Morgan fingerprint density at radius 3 is 2.58 bits per heavy atom. The number of hydrogen-bond donors (Lipinski definition) is 0. The first-order valence-electron chi connectivity index (χ1n) is 8.47. The van der Waals surface area contributed by atoms with Crippen LogP contribution in [0.3, 0.4) is 0 Å². The molecule has 26 heavy (non-hydrogen) atoms. The SMILES string of the molecule is CCn1c(Cc2ccccc2)nnc1SCc1cccc(C(=O)OC)c1. The number of rotatable bonds is 7. The number of ether oxygens (including phenoxy) is 1. The van der Waals surface area contributed by atoms with Crippen LogP contribution in [0.15, 0.2) is 59.8 Å². The van der Waals surface area contributed by atoms with Crippen molar-refractivity contribution < 1.29 is 9.53 Å². The minimum Gasteiger partial charge on any atom is -0.465 e. The van der Waals surface area contributed by atoms with Crippen LogP contribution < -0.4 is 0 Å². The van der Waals surface area contributed by atoms with Gasteiger partial charge in [0.05, 0.1) is 12.7 Å². The summed E-state index contributed by atoms with van der Waals surface area (Å²) in [5.41, 5.74) is 2.83. The third-order valence-electron chi connectivity index (χ3n) is 4.03. The summed E-state index contributed by atoms with van der Waals surface area (Å²) >= 11 is 1.62. The average molecular weight is 367 g/mol. The number of esters is 1. The van der Waals surface area contributed by atoms with Crippen molar-refractivity contribution in [1.29, 1.82) is 0 Å². The Hall–Kier alpha value is -2.60. The summed E-state index contributed by atoms with van der Waals surface area (Å²) in [5, 5.41) is 9.62. The molecular formula is C20H21N3O2S. The van der Waals surface area contributed by atoms with Crippen molar-refractivity contribution in [2.75, 3.05) is 7.11 Å². The van der Waals surface area contributed by atoms with Gasteiger partial charge in [0, 0.05) is 18.7 Å². The standard InChI is InChI=1S/C20H21N3O2S/c1-3-23-18(13-15-8-5-4-6-9-15)21-22-20(23)26-14-16-10-7-11-17(12-16)19(24)25-2/h4-12H,3,13-14H2,1-2H3. The van der Waals surface area contributed by atoms with Gasteiger partial charge >= 0.3 is 5.97 Å². The number of carbonyl (C=O) groups is 1. The first-order chi connectivity index (χ1) is 12.7. The number of thioether (sulfide) groups is 1. The predicted octanol–water partition coefficient (Wildman–Crippen LogP) is 3.97. The van der Waals surface area contributed by atoms with Gasteiger partial charge in [-0.15, -0.1) is 10.2 Å². The first-order valence-corrected chi connectivity index (χ1v) is 9.46. The molecule has 0 bridgehead atoms. The monoisotopic (exact) mass is 367 g/mol. The fraction of sp³-hybridized carbons (Fsp3) is 0.250. The third-order valence-corrected chi connectivity index (χ3v) is 5.07. The van der Waals surface area contributed by atoms with Gasteiger partial charge in [-0.1, -0.05) is 54.2 Å². The highest BCUT2D eigenvalue weighted by molar-refractivity contribution is 7.98. The Bertz CT molecular complexity index is 878. The molecule has 0 N–H and O–H groups in total. The van der Waals surface area contributed by atoms with Gasteiger partial charge in [0.25, 0.3) is 0 Å². The van der Waals surface area contributed by atoms with Crippen LogP contribution in [0.2, 0.25) is 0 Å². The van der Waals surface area contributed by atoms with Crippen molar-refractivity contribution >= 4 is 17.7 Å². The van der Waals surface area contributed by atoms with E-state index in [0.717, 1.165) is 29.5 Å². The highest BCUT2D eigenvalue weighted by atomic mass is 32.2. The maximum atomic E-state index is 11.7. The Balaban J connectivity index is 1.72. The number of benzene rings is 2. The lowest BCUT2D eigenvalue weighted by molar-refractivity contribution is 0.0600. The summed E-state index contributed by atoms with van der Waals surface area (Å²) in [7, 11) is 1.39. The molecule has 0 fully saturated rings. The molecule has 5 nitrogen and oxygen atoms in total. The number of aromatic nitrogens is 3. The first kappa shape index (κ1) is 18.2. The molecule has 0 radical (unpaired) electrons. The summed E-state index contributed by atoms with van der Waals surface area (Å²) in [6.45, 7) is 2.92. The quantitative estimate of drug-likeness (QED) is 0.467. The molecule has 0 aliphatic carbocycles. The van der Waals surface area contributed by atoms with Gasteiger partial charge in [-0.05, 0) is 30.2 Å². The van der Waals surface area contributed by atoms with Crippen molar-refractivity contribution in [3.8, 4) is 0 Å². The van der Waals surface area contributed by atoms with Crippen molar-refractivity contribution in [2.45, 2.75) is 30.8 Å². The Kier molecular flexibility index (Phi) is 6.07. The van der Waals surface area contributed by atoms with E-state index >= 15 is 0 Å². The zero-order valence-corrected chi connectivity index (χ0v) is 15.7. The molecule has 6 heteroatoms. The molecule has 0 atom stereocenters. The maximum absolute atomic E-state index is 11.7. The summed E-state index contributed by atoms with van der Waals surface area (Å²) in [4.78, 5) is 11.7. The van der Waals surface area contributed by atoms with Crippen LogP contribution >= 0.6 is 11.8 Å². The largest absolute Gasteiger partial charge is 0.465 e. The lowest BCUT2D eigenvalue weighted by Crippen LogP contribution is -2.04. The molecule has 3 aromatic rings. The minimum absolute atomic E-state index is 0.321. The zero-order chi connectivity index (χ0) is 18.4. The van der Waals surface area contributed by atoms with E-state index in [0.29, 0.717) is 11.3 Å². The topological polar surface area (TPSA) is 57.0 Å². The van der Waals surface area contributed by atoms with Crippen LogP contribution in [-0.4, -0.2) is 27.8 Å². The van der Waals surface area contributed by atoms with Crippen molar-refractivity contribution in [3.63, 3.8) is 0 Å². The van der Waals surface area contributed by atoms with E-state index in [1.807, 2.05) is 36.4 Å². The van der Waals surface area contributed by atoms with Crippen LogP contribution in [0.25, 0.3) is 0 Å². The lowest BCUT2D eigenvalue weighted by atomic mass is 10.1. The van der Waals surface area contributed by atoms with E-state index < -0.39 is 0 Å². The lowest BCUT2D eigenvalue weighted by Gasteiger charge is -2.08. The molecule has 2 aromatic carbocycles. The number of methoxy groups -OCH3 is 1. The molecule has 3 rings (SSSR count). The van der Waals surface area contributed by atoms with Crippen LogP contribution in [0.1, 0.15) is 34.2 Å². The number of nitrogens with zero attached hydrogens (tertiary/aromatic N) is 3. The van der Waals surface area contributed by atoms with Gasteiger partial charge in [-0.2, -0.15) is 0 Å². The van der Waals surface area contributed by atoms with E-state index in [2.05, 4.69) is 33.8 Å². The predicted molar refractivity (Wildman–Crippen MR) is 102 cm³/mol. The molecule has 0 saturated heterocycles. The fourth-order valence-electron chi connectivity index (χ4n) is 2.71. The second kappa shape index (κ2) is 8.67. The van der Waals surface area contributed by atoms with Crippen molar-refractivity contribution in [3.05, 3.63) is 77.1 Å². The molecule has 134 valence electrons. The molecule has 0 aliphatic rings. The van der Waals surface area contributed by atoms with Crippen LogP contribution in [0.4, 0.5) is 0 Å². The van der Waals surface area contributed by atoms with Crippen LogP contribution in [-0.2, 0) is 23.5 Å². The van der Waals surface area contributed by atoms with Gasteiger partial charge in [-0.25, -0.2) is 4.79 Å². The highest BCUT2D eigenvalue weighted by Gasteiger charge is 2.12. The van der Waals surface area contributed by atoms with Gasteiger partial charge in [0.2, 0.25) is 0 Å². The molecule has 1 aromatic heterocycles. The minimum atomic E-state index is -0.321. The summed E-state index contributed by atoms with van der Waals surface area (Å²) < 4.78 is 6.92. The van der Waals surface area contributed by atoms with E-state index in [4.69, 9.17) is 4.74 Å². The molecule has 1 heterocycles. The van der Waals surface area contributed by atoms with E-state index in [1.165, 1.54) is 12.7 Å². The van der Waals surface area contributed by atoms with Crippen LogP contribution in [0.5, 0.6) is 0 Å². The number of hydrogen-bond acceptors (Lipinski definition) is 5. The molecule has 0 saturated carbocycles. The van der Waals surface area contributed by atoms with Crippen molar-refractivity contribution in [2.24, 2.45) is 0 Å². The van der Waals surface area contributed by atoms with Gasteiger partial charge in [0.1, 0.15) is 5.82 Å². The second-order valence-electron chi connectivity index (χ2n) is 5.79. The normalized spacial score (nSPS) is 10.7. The average Bonchev–Trinajstić information content (AvgIpc) is 3.08. The van der Waals surface area contributed by atoms with Gasteiger partial charge in [0.15, 0.2) is 5.16 Å². The molecule has 0 amide bonds. The molecular weight excluding hydrogens is 346 g/mol. The second-order valence-corrected chi connectivity index (χ2v) is 6.73. The number of carbonyl (C=O) groups excluding carboxylic acids is 1. The molecule has 0 unspecified atom stereocenters. The fourth-order valence-corrected chi connectivity index (χ4v) is 3.67. The van der Waals surface area contributed by atoms with E-state index in [1.54, 1.807) is 17.8 Å². The third kappa shape index (κ3) is 4.32. The van der Waals surface area contributed by atoms with E-state index in [9.17, 15) is 4.79 Å². The smallest absolute Gasteiger partial charge is 0.337 e. The van der Waals surface area contributed by atoms with Gasteiger partial charge in [-0.3, -0.25) is 0 Å². The van der Waals surface area contributed by atoms with E-state index in [-0.39, 0.29) is 5.97 Å². The van der Waals surface area contributed by atoms with Crippen LogP contribution in [0, 0.1) is 0 Å². The Labute approximate surface area is 157 Å². The molecule has 0 aliphatic heterocycles. The highest BCUT2D eigenvalue weighted by Crippen LogP contribution is 2.23. The Morgan fingerprint density at radius 1 is 1.08 bits per heavy atom. The summed E-state index contributed by atoms with van der Waals surface area (Å²) in [5.74, 6) is 1.36. The summed E-state index contributed by atoms with van der Waals surface area (Å²) in [6, 6.07) is 17.8. The van der Waals surface area contributed by atoms with Crippen molar-refractivity contribution in [1.82, 2.24) is 14.8 Å². The summed E-state index contributed by atoms with van der Waals surface area (Å²) in [6.07, 6.45) is 0.764. The zero-order valence-electron chi connectivity index (χ0n) is 14.9.